The predicted molar refractivity (Wildman–Crippen MR) is 107 cm³/mol. The molecule has 1 amide bonds. The molecule has 0 unspecified atom stereocenters. The number of nitro groups is 1. The standard InChI is InChI=1S/C20H10ClF6N3O4/c21-16-6-3-12(30(32)33)8-14(16)17(31)29-11-1-4-13(5-2-11)34-18-15(20(25,26)27)7-10(9-28-18)19(22,23)24/h1-9H,(H,29,31). The molecule has 0 radical (unpaired) electrons. The number of carbonyl (C=O) groups excluding carboxylic acids is 1. The monoisotopic (exact) mass is 505 g/mol. The number of anilines is 1. The van der Waals surface area contributed by atoms with E-state index in [-0.39, 0.29) is 40.0 Å². The van der Waals surface area contributed by atoms with Gasteiger partial charge in [-0.1, -0.05) is 11.6 Å². The Morgan fingerprint density at radius 2 is 1.65 bits per heavy atom. The molecule has 2 aromatic carbocycles. The van der Waals surface area contributed by atoms with Crippen molar-refractivity contribution in [3.8, 4) is 11.6 Å². The van der Waals surface area contributed by atoms with Gasteiger partial charge in [-0.3, -0.25) is 14.9 Å². The SMILES string of the molecule is O=C(Nc1ccc(Oc2ncc(C(F)(F)F)cc2C(F)(F)F)cc1)c1cc([N+](=O)[O-])ccc1Cl. The fraction of sp³-hybridized carbons (Fsp3) is 0.100. The van der Waals surface area contributed by atoms with Crippen LogP contribution in [0.2, 0.25) is 5.02 Å². The molecule has 0 aliphatic heterocycles. The number of aromatic nitrogens is 1. The van der Waals surface area contributed by atoms with Gasteiger partial charge < -0.3 is 10.1 Å². The van der Waals surface area contributed by atoms with E-state index in [1.165, 1.54) is 18.2 Å². The first-order valence-corrected chi connectivity index (χ1v) is 9.31. The lowest BCUT2D eigenvalue weighted by Gasteiger charge is -2.15. The van der Waals surface area contributed by atoms with Gasteiger partial charge in [0.15, 0.2) is 0 Å². The Labute approximate surface area is 191 Å². The number of amides is 1. The van der Waals surface area contributed by atoms with E-state index in [0.717, 1.165) is 24.3 Å². The number of nitro benzene ring substituents is 1. The smallest absolute Gasteiger partial charge is 0.421 e. The van der Waals surface area contributed by atoms with Gasteiger partial charge in [-0.25, -0.2) is 4.98 Å². The van der Waals surface area contributed by atoms with Gasteiger partial charge in [0, 0.05) is 24.0 Å². The molecule has 3 rings (SSSR count). The number of benzene rings is 2. The quantitative estimate of drug-likeness (QED) is 0.236. The number of alkyl halides is 6. The molecule has 34 heavy (non-hydrogen) atoms. The number of pyridine rings is 1. The van der Waals surface area contributed by atoms with Crippen molar-refractivity contribution in [3.63, 3.8) is 0 Å². The number of hydrogen-bond acceptors (Lipinski definition) is 5. The van der Waals surface area contributed by atoms with Gasteiger partial charge in [0.05, 0.1) is 21.1 Å². The van der Waals surface area contributed by atoms with E-state index < -0.39 is 40.2 Å². The molecule has 14 heteroatoms. The van der Waals surface area contributed by atoms with E-state index >= 15 is 0 Å². The molecule has 1 aromatic heterocycles. The molecule has 0 fully saturated rings. The summed E-state index contributed by atoms with van der Waals surface area (Å²) < 4.78 is 82.9. The van der Waals surface area contributed by atoms with Crippen LogP contribution in [-0.2, 0) is 12.4 Å². The molecule has 0 aliphatic rings. The third-order valence-corrected chi connectivity index (χ3v) is 4.55. The number of halogens is 7. The molecule has 0 saturated heterocycles. The van der Waals surface area contributed by atoms with Crippen LogP contribution in [0, 0.1) is 10.1 Å². The molecule has 1 heterocycles. The Morgan fingerprint density at radius 1 is 1.00 bits per heavy atom. The summed E-state index contributed by atoms with van der Waals surface area (Å²) in [5, 5.41) is 13.2. The van der Waals surface area contributed by atoms with Crippen LogP contribution in [-0.4, -0.2) is 15.8 Å². The van der Waals surface area contributed by atoms with Crippen molar-refractivity contribution < 1.29 is 40.8 Å². The van der Waals surface area contributed by atoms with E-state index in [9.17, 15) is 41.3 Å². The number of nitrogens with one attached hydrogen (secondary N) is 1. The maximum Gasteiger partial charge on any atom is 0.421 e. The number of rotatable bonds is 5. The van der Waals surface area contributed by atoms with Crippen molar-refractivity contribution in [2.45, 2.75) is 12.4 Å². The molecule has 178 valence electrons. The highest BCUT2D eigenvalue weighted by Gasteiger charge is 2.40. The van der Waals surface area contributed by atoms with Gasteiger partial charge in [-0.15, -0.1) is 0 Å². The summed E-state index contributed by atoms with van der Waals surface area (Å²) in [7, 11) is 0. The molecular formula is C20H10ClF6N3O4. The summed E-state index contributed by atoms with van der Waals surface area (Å²) in [6, 6.07) is 7.82. The van der Waals surface area contributed by atoms with E-state index in [0.29, 0.717) is 0 Å². The average Bonchev–Trinajstić information content (AvgIpc) is 2.74. The average molecular weight is 506 g/mol. The Morgan fingerprint density at radius 3 is 2.21 bits per heavy atom. The van der Waals surface area contributed by atoms with Crippen LogP contribution in [0.4, 0.5) is 37.7 Å². The third kappa shape index (κ3) is 5.73. The first kappa shape index (κ1) is 24.8. The molecular weight excluding hydrogens is 496 g/mol. The van der Waals surface area contributed by atoms with Crippen LogP contribution in [0.25, 0.3) is 0 Å². The van der Waals surface area contributed by atoms with E-state index in [4.69, 9.17) is 16.3 Å². The molecule has 1 N–H and O–H groups in total. The summed E-state index contributed by atoms with van der Waals surface area (Å²) in [6.45, 7) is 0. The minimum Gasteiger partial charge on any atom is -0.438 e. The molecule has 0 spiro atoms. The van der Waals surface area contributed by atoms with Crippen LogP contribution in [0.1, 0.15) is 21.5 Å². The molecule has 3 aromatic rings. The second-order valence-electron chi connectivity index (χ2n) is 6.57. The fourth-order valence-electron chi connectivity index (χ4n) is 2.61. The zero-order chi connectivity index (χ0) is 25.3. The van der Waals surface area contributed by atoms with Crippen LogP contribution >= 0.6 is 11.6 Å². The third-order valence-electron chi connectivity index (χ3n) is 4.22. The van der Waals surface area contributed by atoms with Crippen molar-refractivity contribution in [1.29, 1.82) is 0 Å². The molecule has 0 bridgehead atoms. The van der Waals surface area contributed by atoms with Crippen LogP contribution in [0.3, 0.4) is 0 Å². The normalized spacial score (nSPS) is 11.7. The molecule has 0 atom stereocenters. The highest BCUT2D eigenvalue weighted by atomic mass is 35.5. The maximum atomic E-state index is 13.2. The van der Waals surface area contributed by atoms with Gasteiger partial charge in [-0.05, 0) is 36.4 Å². The van der Waals surface area contributed by atoms with Crippen molar-refractivity contribution >= 4 is 28.9 Å². The molecule has 0 saturated carbocycles. The van der Waals surface area contributed by atoms with Crippen LogP contribution in [0.5, 0.6) is 11.6 Å². The Kier molecular flexibility index (Phi) is 6.68. The first-order chi connectivity index (χ1) is 15.8. The minimum atomic E-state index is -5.17. The Balaban J connectivity index is 1.80. The number of non-ortho nitro benzene ring substituents is 1. The molecule has 7 nitrogen and oxygen atoms in total. The van der Waals surface area contributed by atoms with E-state index in [1.807, 2.05) is 0 Å². The predicted octanol–water partition coefficient (Wildman–Crippen LogP) is 6.73. The summed E-state index contributed by atoms with van der Waals surface area (Å²) in [5.41, 5.74) is -3.76. The highest BCUT2D eigenvalue weighted by Crippen LogP contribution is 2.40. The van der Waals surface area contributed by atoms with E-state index in [2.05, 4.69) is 10.3 Å². The number of hydrogen-bond donors (Lipinski definition) is 1. The van der Waals surface area contributed by atoms with Crippen molar-refractivity contribution in [3.05, 3.63) is 86.6 Å². The van der Waals surface area contributed by atoms with Gasteiger partial charge in [0.1, 0.15) is 11.3 Å². The topological polar surface area (TPSA) is 94.4 Å². The first-order valence-electron chi connectivity index (χ1n) is 8.93. The van der Waals surface area contributed by atoms with Gasteiger partial charge in [0.2, 0.25) is 5.88 Å². The fourth-order valence-corrected chi connectivity index (χ4v) is 2.81. The van der Waals surface area contributed by atoms with Crippen molar-refractivity contribution in [2.75, 3.05) is 5.32 Å². The van der Waals surface area contributed by atoms with Crippen molar-refractivity contribution in [2.24, 2.45) is 0 Å². The second kappa shape index (κ2) is 9.17. The number of nitrogens with zero attached hydrogens (tertiary/aromatic N) is 2. The summed E-state index contributed by atoms with van der Waals surface area (Å²) >= 11 is 5.90. The van der Waals surface area contributed by atoms with Crippen LogP contribution in [0.15, 0.2) is 54.7 Å². The van der Waals surface area contributed by atoms with Gasteiger partial charge in [0.25, 0.3) is 11.6 Å². The lowest BCUT2D eigenvalue weighted by atomic mass is 10.1. The second-order valence-corrected chi connectivity index (χ2v) is 6.98. The van der Waals surface area contributed by atoms with Crippen LogP contribution < -0.4 is 10.1 Å². The van der Waals surface area contributed by atoms with Crippen molar-refractivity contribution in [1.82, 2.24) is 4.98 Å². The Bertz CT molecular complexity index is 1250. The highest BCUT2D eigenvalue weighted by molar-refractivity contribution is 6.34. The number of ether oxygens (including phenoxy) is 1. The summed E-state index contributed by atoms with van der Waals surface area (Å²) in [6.07, 6.45) is -10.00. The zero-order valence-electron chi connectivity index (χ0n) is 16.4. The molecule has 0 aliphatic carbocycles. The van der Waals surface area contributed by atoms with E-state index in [1.54, 1.807) is 0 Å². The van der Waals surface area contributed by atoms with Gasteiger partial charge in [-0.2, -0.15) is 26.3 Å². The zero-order valence-corrected chi connectivity index (χ0v) is 17.1. The largest absolute Gasteiger partial charge is 0.438 e. The number of carbonyl (C=O) groups is 1. The lowest BCUT2D eigenvalue weighted by Crippen LogP contribution is -2.13. The maximum absolute atomic E-state index is 13.2. The Hall–Kier alpha value is -3.87. The van der Waals surface area contributed by atoms with Gasteiger partial charge >= 0.3 is 12.4 Å². The summed E-state index contributed by atoms with van der Waals surface area (Å²) in [4.78, 5) is 25.7. The lowest BCUT2D eigenvalue weighted by molar-refractivity contribution is -0.384. The summed E-state index contributed by atoms with van der Waals surface area (Å²) in [5.74, 6) is -2.11. The minimum absolute atomic E-state index is 0.0592.